The molecule has 0 spiro atoms. The van der Waals surface area contributed by atoms with Gasteiger partial charge in [-0.15, -0.1) is 11.3 Å². The molecule has 2 fully saturated rings. The molecule has 4 heteroatoms. The first-order valence-corrected chi connectivity index (χ1v) is 8.71. The zero-order chi connectivity index (χ0) is 15.0. The van der Waals surface area contributed by atoms with Crippen LogP contribution in [0.1, 0.15) is 42.4 Å². The predicted molar refractivity (Wildman–Crippen MR) is 85.6 cm³/mol. The fourth-order valence-corrected chi connectivity index (χ4v) is 4.99. The maximum absolute atomic E-state index is 12.7. The molecule has 2 heterocycles. The zero-order valence-corrected chi connectivity index (χ0v) is 14.0. The largest absolute Gasteiger partial charge is 0.381 e. The fourth-order valence-electron chi connectivity index (χ4n) is 4.11. The van der Waals surface area contributed by atoms with E-state index in [4.69, 9.17) is 4.74 Å². The molecule has 2 aliphatic rings. The number of thiophene rings is 1. The highest BCUT2D eigenvalue weighted by atomic mass is 32.1. The van der Waals surface area contributed by atoms with Crippen molar-refractivity contribution in [1.29, 1.82) is 0 Å². The molecule has 1 aliphatic heterocycles. The fraction of sp³-hybridized carbons (Fsp3) is 0.706. The Balaban J connectivity index is 1.68. The van der Waals surface area contributed by atoms with Crippen molar-refractivity contribution < 1.29 is 9.53 Å². The lowest BCUT2D eigenvalue weighted by Crippen LogP contribution is -2.46. The monoisotopic (exact) mass is 307 g/mol. The molecule has 1 amide bonds. The molecule has 116 valence electrons. The van der Waals surface area contributed by atoms with Crippen LogP contribution in [0.25, 0.3) is 0 Å². The molecule has 0 radical (unpaired) electrons. The standard InChI is InChI=1S/C17H25NO2S/c1-12-4-6-14(21-12)10-16(19)18-9-8-17(2)11-13(20-3)5-7-15(17)18/h4,6,13,15H,5,7-11H2,1-3H3/t13-,15-,17+/m1/s1. The maximum Gasteiger partial charge on any atom is 0.228 e. The molecular formula is C17H25NO2S. The Hall–Kier alpha value is -0.870. The highest BCUT2D eigenvalue weighted by Crippen LogP contribution is 2.47. The summed E-state index contributed by atoms with van der Waals surface area (Å²) in [6, 6.07) is 4.61. The number of fused-ring (bicyclic) bond motifs is 1. The van der Waals surface area contributed by atoms with Gasteiger partial charge >= 0.3 is 0 Å². The van der Waals surface area contributed by atoms with Gasteiger partial charge in [0.25, 0.3) is 0 Å². The van der Waals surface area contributed by atoms with Crippen molar-refractivity contribution in [3.05, 3.63) is 21.9 Å². The molecule has 3 rings (SSSR count). The summed E-state index contributed by atoms with van der Waals surface area (Å²) in [6.45, 7) is 5.35. The molecule has 1 saturated heterocycles. The van der Waals surface area contributed by atoms with Gasteiger partial charge in [0.1, 0.15) is 0 Å². The Morgan fingerprint density at radius 3 is 2.95 bits per heavy atom. The van der Waals surface area contributed by atoms with E-state index < -0.39 is 0 Å². The molecule has 0 aromatic carbocycles. The van der Waals surface area contributed by atoms with E-state index in [1.807, 2.05) is 7.11 Å². The van der Waals surface area contributed by atoms with Crippen molar-refractivity contribution >= 4 is 17.2 Å². The molecule has 21 heavy (non-hydrogen) atoms. The Bertz CT molecular complexity index is 527. The number of aryl methyl sites for hydroxylation is 1. The Labute approximate surface area is 131 Å². The van der Waals surface area contributed by atoms with E-state index in [0.29, 0.717) is 24.5 Å². The minimum absolute atomic E-state index is 0.250. The van der Waals surface area contributed by atoms with Gasteiger partial charge in [-0.1, -0.05) is 6.92 Å². The summed E-state index contributed by atoms with van der Waals surface area (Å²) in [5.41, 5.74) is 0.250. The van der Waals surface area contributed by atoms with Gasteiger partial charge in [-0.25, -0.2) is 0 Å². The minimum Gasteiger partial charge on any atom is -0.381 e. The van der Waals surface area contributed by atoms with Crippen molar-refractivity contribution in [2.75, 3.05) is 13.7 Å². The number of hydrogen-bond acceptors (Lipinski definition) is 3. The first-order chi connectivity index (χ1) is 10.0. The summed E-state index contributed by atoms with van der Waals surface area (Å²) in [6.07, 6.45) is 5.33. The second-order valence-electron chi connectivity index (χ2n) is 6.84. The number of hydrogen-bond donors (Lipinski definition) is 0. The quantitative estimate of drug-likeness (QED) is 0.856. The number of rotatable bonds is 3. The van der Waals surface area contributed by atoms with E-state index in [0.717, 1.165) is 32.2 Å². The summed E-state index contributed by atoms with van der Waals surface area (Å²) in [5.74, 6) is 0.307. The lowest BCUT2D eigenvalue weighted by Gasteiger charge is -2.42. The number of carbonyl (C=O) groups excluding carboxylic acids is 1. The minimum atomic E-state index is 0.250. The molecule has 1 aliphatic carbocycles. The van der Waals surface area contributed by atoms with Crippen molar-refractivity contribution in [1.82, 2.24) is 4.90 Å². The van der Waals surface area contributed by atoms with E-state index in [1.165, 1.54) is 9.75 Å². The molecule has 1 aromatic rings. The maximum atomic E-state index is 12.7. The zero-order valence-electron chi connectivity index (χ0n) is 13.2. The van der Waals surface area contributed by atoms with Gasteiger partial charge in [-0.05, 0) is 50.2 Å². The summed E-state index contributed by atoms with van der Waals surface area (Å²) in [4.78, 5) is 17.3. The number of ether oxygens (including phenoxy) is 1. The molecule has 0 unspecified atom stereocenters. The smallest absolute Gasteiger partial charge is 0.228 e. The average molecular weight is 307 g/mol. The van der Waals surface area contributed by atoms with Crippen LogP contribution in [0.2, 0.25) is 0 Å². The van der Waals surface area contributed by atoms with Crippen LogP contribution < -0.4 is 0 Å². The number of likely N-dealkylation sites (tertiary alicyclic amines) is 1. The lowest BCUT2D eigenvalue weighted by molar-refractivity contribution is -0.133. The van der Waals surface area contributed by atoms with Gasteiger partial charge < -0.3 is 9.64 Å². The van der Waals surface area contributed by atoms with Crippen LogP contribution in [0.4, 0.5) is 0 Å². The van der Waals surface area contributed by atoms with Crippen molar-refractivity contribution in [2.24, 2.45) is 5.41 Å². The highest BCUT2D eigenvalue weighted by molar-refractivity contribution is 7.12. The van der Waals surface area contributed by atoms with Gasteiger partial charge in [0.05, 0.1) is 12.5 Å². The van der Waals surface area contributed by atoms with Crippen LogP contribution >= 0.6 is 11.3 Å². The molecular weight excluding hydrogens is 282 g/mol. The molecule has 0 N–H and O–H groups in total. The average Bonchev–Trinajstić information content (AvgIpc) is 3.00. The van der Waals surface area contributed by atoms with E-state index in [2.05, 4.69) is 30.9 Å². The number of methoxy groups -OCH3 is 1. The first kappa shape index (κ1) is 15.0. The van der Waals surface area contributed by atoms with Gasteiger partial charge in [0.2, 0.25) is 5.91 Å². The molecule has 1 aromatic heterocycles. The van der Waals surface area contributed by atoms with Crippen molar-refractivity contribution in [3.63, 3.8) is 0 Å². The summed E-state index contributed by atoms with van der Waals surface area (Å²) < 4.78 is 5.56. The summed E-state index contributed by atoms with van der Waals surface area (Å²) >= 11 is 1.74. The van der Waals surface area contributed by atoms with E-state index in [-0.39, 0.29) is 5.41 Å². The normalized spacial score (nSPS) is 32.2. The number of nitrogens with zero attached hydrogens (tertiary/aromatic N) is 1. The molecule has 0 bridgehead atoms. The summed E-state index contributed by atoms with van der Waals surface area (Å²) in [7, 11) is 1.81. The summed E-state index contributed by atoms with van der Waals surface area (Å²) in [5, 5.41) is 0. The van der Waals surface area contributed by atoms with Crippen LogP contribution in [0.3, 0.4) is 0 Å². The van der Waals surface area contributed by atoms with E-state index >= 15 is 0 Å². The van der Waals surface area contributed by atoms with Gasteiger partial charge in [-0.3, -0.25) is 4.79 Å². The van der Waals surface area contributed by atoms with E-state index in [1.54, 1.807) is 11.3 Å². The van der Waals surface area contributed by atoms with Crippen LogP contribution in [-0.4, -0.2) is 36.6 Å². The second kappa shape index (κ2) is 5.73. The third-order valence-corrected chi connectivity index (χ3v) is 6.34. The van der Waals surface area contributed by atoms with Crippen LogP contribution in [0.15, 0.2) is 12.1 Å². The first-order valence-electron chi connectivity index (χ1n) is 7.89. The highest BCUT2D eigenvalue weighted by Gasteiger charge is 2.49. The third kappa shape index (κ3) is 2.88. The van der Waals surface area contributed by atoms with Crippen molar-refractivity contribution in [2.45, 2.75) is 58.1 Å². The van der Waals surface area contributed by atoms with Crippen molar-refractivity contribution in [3.8, 4) is 0 Å². The number of amides is 1. The van der Waals surface area contributed by atoms with Crippen LogP contribution in [0, 0.1) is 12.3 Å². The Kier molecular flexibility index (Phi) is 4.10. The predicted octanol–water partition coefficient (Wildman–Crippen LogP) is 3.41. The molecule has 1 saturated carbocycles. The second-order valence-corrected chi connectivity index (χ2v) is 8.21. The third-order valence-electron chi connectivity index (χ3n) is 5.34. The van der Waals surface area contributed by atoms with Crippen LogP contribution in [-0.2, 0) is 16.0 Å². The SMILES string of the molecule is CO[C@@H]1CC[C@H]2N(C(=O)Cc3ccc(C)s3)CC[C@@]2(C)C1. The van der Waals surface area contributed by atoms with Gasteiger partial charge in [0, 0.05) is 29.5 Å². The lowest BCUT2D eigenvalue weighted by atomic mass is 9.71. The van der Waals surface area contributed by atoms with Crippen LogP contribution in [0.5, 0.6) is 0 Å². The number of carbonyl (C=O) groups is 1. The van der Waals surface area contributed by atoms with E-state index in [9.17, 15) is 4.79 Å². The molecule has 3 nitrogen and oxygen atoms in total. The van der Waals surface area contributed by atoms with Gasteiger partial charge in [-0.2, -0.15) is 0 Å². The Morgan fingerprint density at radius 1 is 1.48 bits per heavy atom. The molecule has 3 atom stereocenters. The van der Waals surface area contributed by atoms with Gasteiger partial charge in [0.15, 0.2) is 0 Å². The Morgan fingerprint density at radius 2 is 2.29 bits per heavy atom. The topological polar surface area (TPSA) is 29.5 Å².